The lowest BCUT2D eigenvalue weighted by Crippen LogP contribution is -2.42. The van der Waals surface area contributed by atoms with Gasteiger partial charge in [0.1, 0.15) is 5.60 Å². The largest absolute Gasteiger partial charge is 0.443 e. The average Bonchev–Trinajstić information content (AvgIpc) is 2.48. The molecule has 1 amide bonds. The summed E-state index contributed by atoms with van der Waals surface area (Å²) in [7, 11) is 0. The molecule has 2 N–H and O–H groups in total. The van der Waals surface area contributed by atoms with Crippen LogP contribution in [0.5, 0.6) is 0 Å². The highest BCUT2D eigenvalue weighted by molar-refractivity contribution is 5.70. The van der Waals surface area contributed by atoms with E-state index < -0.39 is 17.2 Å². The Labute approximate surface area is 141 Å². The lowest BCUT2D eigenvalue weighted by Gasteiger charge is -2.33. The van der Waals surface area contributed by atoms with E-state index in [0.717, 1.165) is 11.1 Å². The summed E-state index contributed by atoms with van der Waals surface area (Å²) in [5, 5.41) is 11.8. The minimum atomic E-state index is -1.25. The predicted octanol–water partition coefficient (Wildman–Crippen LogP) is 3.70. The SMILES string of the molecule is CC(C)(CC1=CC=C(c2ccccc2)CC1(C)[N+](=O)[O-])OC(N)=O. The maximum Gasteiger partial charge on any atom is 0.405 e. The summed E-state index contributed by atoms with van der Waals surface area (Å²) < 4.78 is 5.08. The van der Waals surface area contributed by atoms with Gasteiger partial charge >= 0.3 is 6.09 Å². The van der Waals surface area contributed by atoms with Gasteiger partial charge < -0.3 is 10.5 Å². The van der Waals surface area contributed by atoms with E-state index >= 15 is 0 Å². The van der Waals surface area contributed by atoms with Crippen molar-refractivity contribution in [2.24, 2.45) is 5.73 Å². The molecular formula is C18H22N2O4. The molecule has 1 aromatic carbocycles. The van der Waals surface area contributed by atoms with Gasteiger partial charge in [0.25, 0.3) is 0 Å². The Balaban J connectivity index is 2.37. The van der Waals surface area contributed by atoms with Crippen molar-refractivity contribution >= 4 is 11.7 Å². The summed E-state index contributed by atoms with van der Waals surface area (Å²) in [6, 6.07) is 9.59. The van der Waals surface area contributed by atoms with E-state index in [9.17, 15) is 14.9 Å². The molecular weight excluding hydrogens is 308 g/mol. The zero-order valence-electron chi connectivity index (χ0n) is 14.1. The van der Waals surface area contributed by atoms with Crippen molar-refractivity contribution in [3.8, 4) is 0 Å². The summed E-state index contributed by atoms with van der Waals surface area (Å²) in [5.74, 6) is 0. The normalized spacial score (nSPS) is 20.8. The van der Waals surface area contributed by atoms with Gasteiger partial charge in [-0.1, -0.05) is 42.5 Å². The van der Waals surface area contributed by atoms with Gasteiger partial charge in [0.15, 0.2) is 0 Å². The zero-order valence-corrected chi connectivity index (χ0v) is 14.1. The van der Waals surface area contributed by atoms with Gasteiger partial charge in [-0.3, -0.25) is 10.1 Å². The van der Waals surface area contributed by atoms with E-state index in [4.69, 9.17) is 10.5 Å². The third-order valence-electron chi connectivity index (χ3n) is 4.25. The fourth-order valence-corrected chi connectivity index (χ4v) is 2.97. The molecule has 0 spiro atoms. The number of hydrogen-bond donors (Lipinski definition) is 1. The van der Waals surface area contributed by atoms with Crippen molar-refractivity contribution in [1.82, 2.24) is 0 Å². The highest BCUT2D eigenvalue weighted by Crippen LogP contribution is 2.40. The monoisotopic (exact) mass is 330 g/mol. The number of primary amides is 1. The highest BCUT2D eigenvalue weighted by atomic mass is 16.6. The van der Waals surface area contributed by atoms with E-state index in [-0.39, 0.29) is 17.8 Å². The van der Waals surface area contributed by atoms with Crippen molar-refractivity contribution in [1.29, 1.82) is 0 Å². The van der Waals surface area contributed by atoms with Gasteiger partial charge in [0.2, 0.25) is 5.54 Å². The molecule has 2 rings (SSSR count). The van der Waals surface area contributed by atoms with Crippen LogP contribution in [0.2, 0.25) is 0 Å². The smallest absolute Gasteiger partial charge is 0.405 e. The Hall–Kier alpha value is -2.63. The van der Waals surface area contributed by atoms with Gasteiger partial charge in [-0.25, -0.2) is 4.79 Å². The fourth-order valence-electron chi connectivity index (χ4n) is 2.97. The first-order valence-electron chi connectivity index (χ1n) is 7.73. The minimum Gasteiger partial charge on any atom is -0.443 e. The van der Waals surface area contributed by atoms with Gasteiger partial charge in [0, 0.05) is 30.3 Å². The zero-order chi connectivity index (χ0) is 18.0. The molecule has 0 saturated heterocycles. The number of hydrogen-bond acceptors (Lipinski definition) is 4. The standard InChI is InChI=1S/C18H22N2O4/c1-17(2,24-16(19)21)12-15-10-9-14(11-18(15,3)20(22)23)13-7-5-4-6-8-13/h4-10H,11-12H2,1-3H3,(H2,19,21). The van der Waals surface area contributed by atoms with Crippen molar-refractivity contribution < 1.29 is 14.5 Å². The number of nitrogens with zero attached hydrogens (tertiary/aromatic N) is 1. The quantitative estimate of drug-likeness (QED) is 0.657. The van der Waals surface area contributed by atoms with Crippen LogP contribution in [0.1, 0.15) is 39.2 Å². The summed E-state index contributed by atoms with van der Waals surface area (Å²) in [6.45, 7) is 4.99. The Morgan fingerprint density at radius 3 is 2.50 bits per heavy atom. The number of nitro groups is 1. The van der Waals surface area contributed by atoms with E-state index in [1.165, 1.54) is 0 Å². The Kier molecular flexibility index (Phi) is 4.78. The topological polar surface area (TPSA) is 95.5 Å². The van der Waals surface area contributed by atoms with Crippen LogP contribution in [0.25, 0.3) is 5.57 Å². The number of carbonyl (C=O) groups excluding carboxylic acids is 1. The van der Waals surface area contributed by atoms with Crippen LogP contribution in [0.15, 0.2) is 48.1 Å². The Morgan fingerprint density at radius 2 is 1.96 bits per heavy atom. The molecule has 0 heterocycles. The molecule has 0 aliphatic heterocycles. The number of rotatable bonds is 5. The molecule has 1 atom stereocenters. The number of ether oxygens (including phenoxy) is 1. The second kappa shape index (κ2) is 6.47. The molecule has 6 heteroatoms. The number of nitrogens with two attached hydrogens (primary N) is 1. The summed E-state index contributed by atoms with van der Waals surface area (Å²) in [4.78, 5) is 22.5. The third-order valence-corrected chi connectivity index (χ3v) is 4.25. The van der Waals surface area contributed by atoms with Crippen LogP contribution in [-0.2, 0) is 4.74 Å². The number of benzene rings is 1. The third kappa shape index (κ3) is 3.82. The molecule has 6 nitrogen and oxygen atoms in total. The number of allylic oxidation sites excluding steroid dienone is 2. The van der Waals surface area contributed by atoms with Gasteiger partial charge in [0.05, 0.1) is 0 Å². The molecule has 1 unspecified atom stereocenters. The minimum absolute atomic E-state index is 0.242. The summed E-state index contributed by atoms with van der Waals surface area (Å²) >= 11 is 0. The van der Waals surface area contributed by atoms with Crippen LogP contribution < -0.4 is 5.73 Å². The molecule has 0 aromatic heterocycles. The second-order valence-corrected chi connectivity index (χ2v) is 6.82. The molecule has 1 aliphatic carbocycles. The molecule has 1 aliphatic rings. The molecule has 0 fully saturated rings. The van der Waals surface area contributed by atoms with E-state index in [0.29, 0.717) is 5.57 Å². The molecule has 0 bridgehead atoms. The first kappa shape index (κ1) is 17.7. The maximum absolute atomic E-state index is 11.8. The maximum atomic E-state index is 11.8. The van der Waals surface area contributed by atoms with Crippen molar-refractivity contribution in [3.63, 3.8) is 0 Å². The van der Waals surface area contributed by atoms with Gasteiger partial charge in [-0.05, 0) is 25.0 Å². The molecule has 1 aromatic rings. The van der Waals surface area contributed by atoms with E-state index in [1.807, 2.05) is 36.4 Å². The first-order valence-corrected chi connectivity index (χ1v) is 7.73. The summed E-state index contributed by atoms with van der Waals surface area (Å²) in [5.41, 5.74) is 5.41. The fraction of sp³-hybridized carbons (Fsp3) is 0.389. The van der Waals surface area contributed by atoms with Gasteiger partial charge in [-0.2, -0.15) is 0 Å². The summed E-state index contributed by atoms with van der Waals surface area (Å²) in [6.07, 6.45) is 3.30. The Bertz CT molecular complexity index is 707. The predicted molar refractivity (Wildman–Crippen MR) is 91.9 cm³/mol. The Morgan fingerprint density at radius 1 is 1.33 bits per heavy atom. The van der Waals surface area contributed by atoms with Crippen molar-refractivity contribution in [2.45, 2.75) is 44.8 Å². The van der Waals surface area contributed by atoms with Crippen LogP contribution in [0.3, 0.4) is 0 Å². The highest BCUT2D eigenvalue weighted by Gasteiger charge is 2.45. The lowest BCUT2D eigenvalue weighted by molar-refractivity contribution is -0.553. The lowest BCUT2D eigenvalue weighted by atomic mass is 9.76. The van der Waals surface area contributed by atoms with Crippen LogP contribution >= 0.6 is 0 Å². The van der Waals surface area contributed by atoms with E-state index in [2.05, 4.69) is 0 Å². The number of carbonyl (C=O) groups is 1. The van der Waals surface area contributed by atoms with Crippen LogP contribution in [-0.4, -0.2) is 22.2 Å². The van der Waals surface area contributed by atoms with E-state index in [1.54, 1.807) is 26.8 Å². The molecule has 24 heavy (non-hydrogen) atoms. The van der Waals surface area contributed by atoms with Gasteiger partial charge in [-0.15, -0.1) is 0 Å². The van der Waals surface area contributed by atoms with Crippen molar-refractivity contribution in [3.05, 3.63) is 63.7 Å². The molecule has 0 saturated carbocycles. The van der Waals surface area contributed by atoms with Crippen LogP contribution in [0.4, 0.5) is 4.79 Å². The second-order valence-electron chi connectivity index (χ2n) is 6.82. The number of amides is 1. The van der Waals surface area contributed by atoms with Crippen LogP contribution in [0, 0.1) is 10.1 Å². The first-order chi connectivity index (χ1) is 11.1. The average molecular weight is 330 g/mol. The molecule has 128 valence electrons. The molecule has 0 radical (unpaired) electrons. The van der Waals surface area contributed by atoms with Crippen molar-refractivity contribution in [2.75, 3.05) is 0 Å².